The summed E-state index contributed by atoms with van der Waals surface area (Å²) in [5, 5.41) is 10.6. The van der Waals surface area contributed by atoms with Gasteiger partial charge in [0.2, 0.25) is 0 Å². The summed E-state index contributed by atoms with van der Waals surface area (Å²) in [4.78, 5) is 72.6. The summed E-state index contributed by atoms with van der Waals surface area (Å²) in [5.74, 6) is -0.621. The van der Waals surface area contributed by atoms with Crippen molar-refractivity contribution < 1.29 is 80.2 Å². The Morgan fingerprint density at radius 3 is 0.826 bits per heavy atom. The Bertz CT molecular complexity index is 1790. The summed E-state index contributed by atoms with van der Waals surface area (Å²) in [5.41, 5.74) is 0. The van der Waals surface area contributed by atoms with Crippen LogP contribution in [-0.2, 0) is 65.4 Å². The highest BCUT2D eigenvalue weighted by atomic mass is 31.2. The first-order valence-electron chi connectivity index (χ1n) is 38.0. The number of rotatable bonds is 72. The second-order valence-electron chi connectivity index (χ2n) is 27.1. The SMILES string of the molecule is CCCCCCCCCCCCCCCCCCCCC(=O)O[C@H](COC(=O)CCCCCCCCCCCCCCC(C)C)COP(=O)(O)OC[C@@H](O)COP(=O)(O)OC[C@@H](COC(=O)CCCCCCCCCCC)OC(=O)CCCCCCCCC(C)CC. The van der Waals surface area contributed by atoms with E-state index in [1.165, 1.54) is 193 Å². The van der Waals surface area contributed by atoms with Gasteiger partial charge in [-0.25, -0.2) is 9.13 Å². The summed E-state index contributed by atoms with van der Waals surface area (Å²) >= 11 is 0. The molecule has 546 valence electrons. The molecule has 0 spiro atoms. The van der Waals surface area contributed by atoms with Crippen molar-refractivity contribution in [2.75, 3.05) is 39.6 Å². The van der Waals surface area contributed by atoms with Crippen LogP contribution in [0.5, 0.6) is 0 Å². The number of esters is 4. The third-order valence-electron chi connectivity index (χ3n) is 17.3. The zero-order valence-corrected chi connectivity index (χ0v) is 61.6. The zero-order chi connectivity index (χ0) is 67.9. The molecule has 0 aliphatic rings. The van der Waals surface area contributed by atoms with Gasteiger partial charge in [0.15, 0.2) is 12.2 Å². The van der Waals surface area contributed by atoms with Gasteiger partial charge < -0.3 is 33.8 Å². The lowest BCUT2D eigenvalue weighted by molar-refractivity contribution is -0.161. The Labute approximate surface area is 562 Å². The van der Waals surface area contributed by atoms with E-state index in [2.05, 4.69) is 41.5 Å². The lowest BCUT2D eigenvalue weighted by Crippen LogP contribution is -2.30. The highest BCUT2D eigenvalue weighted by Crippen LogP contribution is 2.45. The highest BCUT2D eigenvalue weighted by Gasteiger charge is 2.30. The average Bonchev–Trinajstić information content (AvgIpc) is 3.46. The van der Waals surface area contributed by atoms with Crippen molar-refractivity contribution >= 4 is 39.5 Å². The van der Waals surface area contributed by atoms with Crippen LogP contribution in [-0.4, -0.2) is 96.7 Å². The van der Waals surface area contributed by atoms with Gasteiger partial charge in [-0.2, -0.15) is 0 Å². The van der Waals surface area contributed by atoms with Gasteiger partial charge in [0, 0.05) is 25.7 Å². The predicted molar refractivity (Wildman–Crippen MR) is 372 cm³/mol. The molecule has 92 heavy (non-hydrogen) atoms. The number of phosphoric acid groups is 2. The fourth-order valence-corrected chi connectivity index (χ4v) is 12.7. The zero-order valence-electron chi connectivity index (χ0n) is 59.9. The summed E-state index contributed by atoms with van der Waals surface area (Å²) < 4.78 is 68.3. The van der Waals surface area contributed by atoms with Crippen molar-refractivity contribution in [3.8, 4) is 0 Å². The van der Waals surface area contributed by atoms with Crippen molar-refractivity contribution in [2.24, 2.45) is 11.8 Å². The molecule has 17 nitrogen and oxygen atoms in total. The minimum atomic E-state index is -4.95. The molecule has 0 rings (SSSR count). The predicted octanol–water partition coefficient (Wildman–Crippen LogP) is 21.2. The summed E-state index contributed by atoms with van der Waals surface area (Å²) in [6, 6.07) is 0. The molecule has 0 saturated carbocycles. The summed E-state index contributed by atoms with van der Waals surface area (Å²) in [7, 11) is -9.90. The molecule has 19 heteroatoms. The van der Waals surface area contributed by atoms with E-state index in [0.717, 1.165) is 102 Å². The Kier molecular flexibility index (Phi) is 63.7. The average molecular weight is 1350 g/mol. The second kappa shape index (κ2) is 65.0. The number of hydrogen-bond donors (Lipinski definition) is 3. The minimum absolute atomic E-state index is 0.103. The lowest BCUT2D eigenvalue weighted by atomic mass is 10.00. The monoisotopic (exact) mass is 1350 g/mol. The van der Waals surface area contributed by atoms with Gasteiger partial charge in [-0.05, 0) is 37.5 Å². The Hall–Kier alpha value is -1.94. The number of phosphoric ester groups is 2. The molecule has 0 aliphatic carbocycles. The highest BCUT2D eigenvalue weighted by molar-refractivity contribution is 7.47. The van der Waals surface area contributed by atoms with E-state index < -0.39 is 97.5 Å². The van der Waals surface area contributed by atoms with Gasteiger partial charge in [0.05, 0.1) is 26.4 Å². The van der Waals surface area contributed by atoms with Crippen LogP contribution in [0.25, 0.3) is 0 Å². The molecule has 3 unspecified atom stereocenters. The van der Waals surface area contributed by atoms with Gasteiger partial charge in [0.25, 0.3) is 0 Å². The van der Waals surface area contributed by atoms with Gasteiger partial charge in [-0.1, -0.05) is 324 Å². The van der Waals surface area contributed by atoms with Crippen LogP contribution in [0.15, 0.2) is 0 Å². The topological polar surface area (TPSA) is 237 Å². The maximum absolute atomic E-state index is 13.1. The van der Waals surface area contributed by atoms with E-state index in [1.807, 2.05) is 0 Å². The van der Waals surface area contributed by atoms with Crippen molar-refractivity contribution in [2.45, 2.75) is 394 Å². The van der Waals surface area contributed by atoms with Gasteiger partial charge >= 0.3 is 39.5 Å². The molecule has 0 radical (unpaired) electrons. The third-order valence-corrected chi connectivity index (χ3v) is 19.2. The van der Waals surface area contributed by atoms with E-state index >= 15 is 0 Å². The first kappa shape index (κ1) is 90.1. The number of aliphatic hydroxyl groups is 1. The molecule has 6 atom stereocenters. The van der Waals surface area contributed by atoms with Crippen LogP contribution in [0, 0.1) is 11.8 Å². The van der Waals surface area contributed by atoms with Crippen LogP contribution in [0.3, 0.4) is 0 Å². The lowest BCUT2D eigenvalue weighted by Gasteiger charge is -2.21. The van der Waals surface area contributed by atoms with Crippen LogP contribution in [0.2, 0.25) is 0 Å². The number of aliphatic hydroxyl groups excluding tert-OH is 1. The Balaban J connectivity index is 5.22. The maximum Gasteiger partial charge on any atom is 0.472 e. The van der Waals surface area contributed by atoms with Crippen molar-refractivity contribution in [1.82, 2.24) is 0 Å². The molecule has 0 aliphatic heterocycles. The molecule has 0 aromatic carbocycles. The van der Waals surface area contributed by atoms with Gasteiger partial charge in [0.1, 0.15) is 19.3 Å². The van der Waals surface area contributed by atoms with Crippen LogP contribution >= 0.6 is 15.6 Å². The normalized spacial score (nSPS) is 14.4. The van der Waals surface area contributed by atoms with Crippen LogP contribution < -0.4 is 0 Å². The van der Waals surface area contributed by atoms with Gasteiger partial charge in [-0.15, -0.1) is 0 Å². The standard InChI is InChI=1S/C73H142O17P2/c1-7-10-12-14-16-18-19-20-21-22-23-24-25-30-34-38-45-51-57-72(77)89-68(61-84-71(76)56-50-44-37-33-29-27-26-28-32-35-41-47-53-65(4)5)63-87-91(79,80)85-59-67(74)60-86-92(81,82)88-64-69(62-83-70(75)55-49-43-36-31-17-15-13-11-8-2)90-73(78)58-52-46-40-39-42-48-54-66(6)9-3/h65-69,74H,7-64H2,1-6H3,(H,79,80)(H,81,82)/t66?,67-,68-,69-/m1/s1. The van der Waals surface area contributed by atoms with Crippen LogP contribution in [0.1, 0.15) is 375 Å². The van der Waals surface area contributed by atoms with E-state index in [-0.39, 0.29) is 25.7 Å². The smallest absolute Gasteiger partial charge is 0.462 e. The molecule has 3 N–H and O–H groups in total. The Morgan fingerprint density at radius 2 is 0.554 bits per heavy atom. The first-order chi connectivity index (χ1) is 44.4. The molecule has 0 amide bonds. The van der Waals surface area contributed by atoms with E-state index in [9.17, 15) is 43.2 Å². The minimum Gasteiger partial charge on any atom is -0.462 e. The molecule has 0 fully saturated rings. The molecular formula is C73H142O17P2. The van der Waals surface area contributed by atoms with E-state index in [1.54, 1.807) is 0 Å². The molecular weight excluding hydrogens is 1210 g/mol. The quantitative estimate of drug-likeness (QED) is 0.0222. The molecule has 0 saturated heterocycles. The van der Waals surface area contributed by atoms with Crippen LogP contribution in [0.4, 0.5) is 0 Å². The summed E-state index contributed by atoms with van der Waals surface area (Å²) in [6.45, 7) is 9.52. The number of carbonyl (C=O) groups is 4. The van der Waals surface area contributed by atoms with E-state index in [4.69, 9.17) is 37.0 Å². The Morgan fingerprint density at radius 1 is 0.315 bits per heavy atom. The third kappa shape index (κ3) is 65.4. The van der Waals surface area contributed by atoms with Crippen molar-refractivity contribution in [3.05, 3.63) is 0 Å². The maximum atomic E-state index is 13.1. The summed E-state index contributed by atoms with van der Waals surface area (Å²) in [6.07, 6.45) is 51.4. The second-order valence-corrected chi connectivity index (χ2v) is 30.0. The number of ether oxygens (including phenoxy) is 4. The number of hydrogen-bond acceptors (Lipinski definition) is 15. The number of carbonyl (C=O) groups excluding carboxylic acids is 4. The van der Waals surface area contributed by atoms with Crippen molar-refractivity contribution in [3.63, 3.8) is 0 Å². The molecule has 0 bridgehead atoms. The van der Waals surface area contributed by atoms with E-state index in [0.29, 0.717) is 25.7 Å². The van der Waals surface area contributed by atoms with Crippen molar-refractivity contribution in [1.29, 1.82) is 0 Å². The number of unbranched alkanes of at least 4 members (excludes halogenated alkanes) is 41. The molecule has 0 aromatic heterocycles. The molecule has 0 heterocycles. The largest absolute Gasteiger partial charge is 0.472 e. The fraction of sp³-hybridized carbons (Fsp3) is 0.945. The first-order valence-corrected chi connectivity index (χ1v) is 41.0. The fourth-order valence-electron chi connectivity index (χ4n) is 11.1. The molecule has 0 aromatic rings. The van der Waals surface area contributed by atoms with Gasteiger partial charge in [-0.3, -0.25) is 37.3 Å².